The molecule has 0 aromatic carbocycles. The third-order valence-corrected chi connectivity index (χ3v) is 2.65. The third-order valence-electron chi connectivity index (χ3n) is 1.38. The Labute approximate surface area is 47.5 Å². The minimum absolute atomic E-state index is 1.47. The van der Waals surface area contributed by atoms with Crippen LogP contribution in [0.15, 0.2) is 0 Å². The van der Waals surface area contributed by atoms with E-state index in [2.05, 4.69) is 0 Å². The molecule has 0 saturated carbocycles. The van der Waals surface area contributed by atoms with Crippen LogP contribution in [0.1, 0.15) is 25.7 Å². The van der Waals surface area contributed by atoms with Gasteiger partial charge < -0.3 is 0 Å². The van der Waals surface area contributed by atoms with E-state index >= 15 is 0 Å². The van der Waals surface area contributed by atoms with Crippen molar-refractivity contribution in [3.05, 3.63) is 0 Å². The van der Waals surface area contributed by atoms with Gasteiger partial charge in [0.15, 0.2) is 0 Å². The van der Waals surface area contributed by atoms with Crippen molar-refractivity contribution in [2.45, 2.75) is 25.7 Å². The smallest absolute Gasteiger partial charge is 0.0287 e. The largest absolute Gasteiger partial charge is 0.0810 e. The lowest BCUT2D eigenvalue weighted by Crippen LogP contribution is -1.70. The van der Waals surface area contributed by atoms with Crippen LogP contribution >= 0.6 is 8.58 Å². The Morgan fingerprint density at radius 2 is 1.29 bits per heavy atom. The zero-order valence-corrected chi connectivity index (χ0v) is 5.58. The summed E-state index contributed by atoms with van der Waals surface area (Å²) in [6.07, 6.45) is 8.91. The summed E-state index contributed by atoms with van der Waals surface area (Å²) in [5.74, 6) is 0. The van der Waals surface area contributed by atoms with Crippen LogP contribution in [0.3, 0.4) is 0 Å². The maximum Gasteiger partial charge on any atom is -0.0287 e. The monoisotopic (exact) mass is 115 g/mol. The molecule has 0 aliphatic carbocycles. The number of rotatable bonds is 0. The molecule has 1 rings (SSSR count). The molecule has 0 nitrogen and oxygen atoms in total. The van der Waals surface area contributed by atoms with Gasteiger partial charge in [-0.05, 0) is 25.2 Å². The quantitative estimate of drug-likeness (QED) is 0.425. The second kappa shape index (κ2) is 3.43. The molecule has 0 bridgehead atoms. The minimum Gasteiger partial charge on any atom is -0.0810 e. The topological polar surface area (TPSA) is 0 Å². The lowest BCUT2D eigenvalue weighted by molar-refractivity contribution is 0.726. The normalized spacial score (nSPS) is 24.0. The molecule has 7 heavy (non-hydrogen) atoms. The van der Waals surface area contributed by atoms with E-state index in [0.29, 0.717) is 0 Å². The molecule has 0 amide bonds. The Morgan fingerprint density at radius 3 is 1.86 bits per heavy atom. The molecule has 0 aromatic rings. The standard InChI is InChI=1S/C6H12P/c1-2-4-6-7-5-3-1/h1-6H2. The molecule has 0 atom stereocenters. The highest BCUT2D eigenvalue weighted by Gasteiger charge is 1.96. The molecule has 0 aromatic heterocycles. The average molecular weight is 115 g/mol. The fourth-order valence-electron chi connectivity index (χ4n) is 0.913. The molecule has 1 aliphatic heterocycles. The second-order valence-electron chi connectivity index (χ2n) is 2.09. The summed E-state index contributed by atoms with van der Waals surface area (Å²) in [4.78, 5) is 0. The summed E-state index contributed by atoms with van der Waals surface area (Å²) in [5.41, 5.74) is 0. The first kappa shape index (κ1) is 5.56. The molecule has 0 unspecified atom stereocenters. The Bertz CT molecular complexity index is 23.8. The van der Waals surface area contributed by atoms with Gasteiger partial charge in [0.05, 0.1) is 0 Å². The van der Waals surface area contributed by atoms with Crippen molar-refractivity contribution in [1.82, 2.24) is 0 Å². The SMILES string of the molecule is C1CCC[P]CC1. The van der Waals surface area contributed by atoms with Crippen LogP contribution in [0.5, 0.6) is 0 Å². The molecular formula is C6H12P. The maximum absolute atomic E-state index is 1.71. The van der Waals surface area contributed by atoms with Gasteiger partial charge in [-0.25, -0.2) is 0 Å². The van der Waals surface area contributed by atoms with E-state index in [0.717, 1.165) is 0 Å². The van der Waals surface area contributed by atoms with E-state index < -0.39 is 0 Å². The molecule has 1 aliphatic rings. The molecule has 1 radical (unpaired) electrons. The van der Waals surface area contributed by atoms with Crippen molar-refractivity contribution in [3.8, 4) is 0 Å². The zero-order chi connectivity index (χ0) is 4.95. The van der Waals surface area contributed by atoms with Crippen molar-refractivity contribution < 1.29 is 0 Å². The molecular weight excluding hydrogens is 103 g/mol. The Kier molecular flexibility index (Phi) is 2.73. The van der Waals surface area contributed by atoms with Crippen LogP contribution in [0, 0.1) is 0 Å². The minimum atomic E-state index is 1.47. The van der Waals surface area contributed by atoms with E-state index in [9.17, 15) is 0 Å². The van der Waals surface area contributed by atoms with Crippen molar-refractivity contribution in [2.24, 2.45) is 0 Å². The van der Waals surface area contributed by atoms with Gasteiger partial charge in [0, 0.05) is 0 Å². The van der Waals surface area contributed by atoms with Crippen LogP contribution in [-0.2, 0) is 0 Å². The van der Waals surface area contributed by atoms with Gasteiger partial charge in [-0.1, -0.05) is 21.4 Å². The predicted molar refractivity (Wildman–Crippen MR) is 35.1 cm³/mol. The highest BCUT2D eigenvalue weighted by Crippen LogP contribution is 2.20. The van der Waals surface area contributed by atoms with Gasteiger partial charge in [-0.3, -0.25) is 0 Å². The van der Waals surface area contributed by atoms with Crippen molar-refractivity contribution >= 4 is 8.58 Å². The van der Waals surface area contributed by atoms with Crippen LogP contribution < -0.4 is 0 Å². The van der Waals surface area contributed by atoms with Crippen LogP contribution in [0.2, 0.25) is 0 Å². The summed E-state index contributed by atoms with van der Waals surface area (Å²) < 4.78 is 0. The van der Waals surface area contributed by atoms with Crippen molar-refractivity contribution in [2.75, 3.05) is 12.3 Å². The molecule has 1 saturated heterocycles. The van der Waals surface area contributed by atoms with Gasteiger partial charge >= 0.3 is 0 Å². The van der Waals surface area contributed by atoms with Gasteiger partial charge in [0.25, 0.3) is 0 Å². The Hall–Kier alpha value is 0.430. The predicted octanol–water partition coefficient (Wildman–Crippen LogP) is 2.51. The Morgan fingerprint density at radius 1 is 0.714 bits per heavy atom. The summed E-state index contributed by atoms with van der Waals surface area (Å²) in [5, 5.41) is 0. The Balaban J connectivity index is 2.04. The fourth-order valence-corrected chi connectivity index (χ4v) is 2.03. The van der Waals surface area contributed by atoms with E-state index in [1.807, 2.05) is 0 Å². The van der Waals surface area contributed by atoms with E-state index in [1.165, 1.54) is 38.0 Å². The summed E-state index contributed by atoms with van der Waals surface area (Å²) in [7, 11) is 1.71. The molecule has 1 heteroatoms. The van der Waals surface area contributed by atoms with E-state index in [4.69, 9.17) is 0 Å². The molecule has 0 N–H and O–H groups in total. The van der Waals surface area contributed by atoms with Gasteiger partial charge in [0.1, 0.15) is 0 Å². The average Bonchev–Trinajstić information content (AvgIpc) is 1.90. The lowest BCUT2D eigenvalue weighted by atomic mass is 10.2. The van der Waals surface area contributed by atoms with E-state index in [1.54, 1.807) is 8.58 Å². The van der Waals surface area contributed by atoms with E-state index in [-0.39, 0.29) is 0 Å². The highest BCUT2D eigenvalue weighted by molar-refractivity contribution is 7.37. The van der Waals surface area contributed by atoms with Crippen molar-refractivity contribution in [3.63, 3.8) is 0 Å². The highest BCUT2D eigenvalue weighted by atomic mass is 31.1. The molecule has 1 fully saturated rings. The zero-order valence-electron chi connectivity index (χ0n) is 4.69. The lowest BCUT2D eigenvalue weighted by Gasteiger charge is -1.85. The number of hydrogen-bond acceptors (Lipinski definition) is 0. The number of hydrogen-bond donors (Lipinski definition) is 0. The van der Waals surface area contributed by atoms with Gasteiger partial charge in [-0.15, -0.1) is 0 Å². The summed E-state index contributed by atoms with van der Waals surface area (Å²) in [6.45, 7) is 0. The fraction of sp³-hybridized carbons (Fsp3) is 1.00. The maximum atomic E-state index is 1.71. The first-order valence-corrected chi connectivity index (χ1v) is 4.40. The summed E-state index contributed by atoms with van der Waals surface area (Å²) >= 11 is 0. The van der Waals surface area contributed by atoms with Gasteiger partial charge in [-0.2, -0.15) is 0 Å². The van der Waals surface area contributed by atoms with Gasteiger partial charge in [0.2, 0.25) is 0 Å². The van der Waals surface area contributed by atoms with Crippen LogP contribution in [0.4, 0.5) is 0 Å². The van der Waals surface area contributed by atoms with Crippen LogP contribution in [-0.4, -0.2) is 12.3 Å². The second-order valence-corrected chi connectivity index (χ2v) is 3.43. The molecule has 1 heterocycles. The summed E-state index contributed by atoms with van der Waals surface area (Å²) in [6, 6.07) is 0. The first-order valence-electron chi connectivity index (χ1n) is 3.13. The third kappa shape index (κ3) is 2.29. The molecule has 41 valence electrons. The van der Waals surface area contributed by atoms with Crippen LogP contribution in [0.25, 0.3) is 0 Å². The molecule has 0 spiro atoms. The first-order chi connectivity index (χ1) is 3.50. The van der Waals surface area contributed by atoms with Crippen molar-refractivity contribution in [1.29, 1.82) is 0 Å².